The minimum atomic E-state index is -4.18. The summed E-state index contributed by atoms with van der Waals surface area (Å²) in [7, 11) is 0. The summed E-state index contributed by atoms with van der Waals surface area (Å²) in [4.78, 5) is 1.45. The van der Waals surface area contributed by atoms with Crippen LogP contribution in [0.25, 0.3) is 0 Å². The summed E-state index contributed by atoms with van der Waals surface area (Å²) in [5.41, 5.74) is 6.78. The summed E-state index contributed by atoms with van der Waals surface area (Å²) in [5.74, 6) is 0. The van der Waals surface area contributed by atoms with Crippen LogP contribution in [0.15, 0.2) is 30.3 Å². The Kier molecular flexibility index (Phi) is 6.23. The highest BCUT2D eigenvalue weighted by Crippen LogP contribution is 2.33. The van der Waals surface area contributed by atoms with Crippen molar-refractivity contribution in [3.63, 3.8) is 0 Å². The fourth-order valence-electron chi connectivity index (χ4n) is 2.57. The monoisotopic (exact) mass is 302 g/mol. The average Bonchev–Trinajstić information content (AvgIpc) is 2.36. The Morgan fingerprint density at radius 2 is 1.67 bits per heavy atom. The molecule has 1 aromatic rings. The molecular weight excluding hydrogens is 277 g/mol. The van der Waals surface area contributed by atoms with Crippen LogP contribution in [-0.2, 0) is 0 Å². The second-order valence-corrected chi connectivity index (χ2v) is 6.20. The van der Waals surface area contributed by atoms with Crippen LogP contribution in [-0.4, -0.2) is 30.7 Å². The lowest BCUT2D eigenvalue weighted by Gasteiger charge is -2.37. The quantitative estimate of drug-likeness (QED) is 0.825. The first kappa shape index (κ1) is 18.0. The number of nitrogens with zero attached hydrogens (tertiary/aromatic N) is 1. The number of rotatable bonds is 7. The molecule has 1 atom stereocenters. The van der Waals surface area contributed by atoms with Crippen LogP contribution in [0.2, 0.25) is 0 Å². The van der Waals surface area contributed by atoms with Gasteiger partial charge in [-0.05, 0) is 23.9 Å². The van der Waals surface area contributed by atoms with Gasteiger partial charge < -0.3 is 5.73 Å². The molecule has 0 aliphatic rings. The van der Waals surface area contributed by atoms with Gasteiger partial charge in [-0.2, -0.15) is 13.2 Å². The first-order valence-corrected chi connectivity index (χ1v) is 7.25. The Labute approximate surface area is 125 Å². The van der Waals surface area contributed by atoms with Gasteiger partial charge in [0, 0.05) is 12.6 Å². The smallest absolute Gasteiger partial charge is 0.323 e. The fourth-order valence-corrected chi connectivity index (χ4v) is 2.57. The van der Waals surface area contributed by atoms with Crippen LogP contribution in [0.5, 0.6) is 0 Å². The van der Waals surface area contributed by atoms with E-state index in [1.54, 1.807) is 0 Å². The number of benzene rings is 1. The van der Waals surface area contributed by atoms with Gasteiger partial charge >= 0.3 is 6.18 Å². The highest BCUT2D eigenvalue weighted by atomic mass is 19.4. The number of hydrogen-bond donors (Lipinski definition) is 1. The van der Waals surface area contributed by atoms with Crippen molar-refractivity contribution >= 4 is 0 Å². The first-order chi connectivity index (χ1) is 9.65. The van der Waals surface area contributed by atoms with Gasteiger partial charge in [-0.25, -0.2) is 0 Å². The molecule has 1 rings (SSSR count). The van der Waals surface area contributed by atoms with Gasteiger partial charge in [0.05, 0.1) is 6.54 Å². The molecule has 0 spiro atoms. The Morgan fingerprint density at radius 3 is 2.14 bits per heavy atom. The van der Waals surface area contributed by atoms with Crippen LogP contribution >= 0.6 is 0 Å². The molecule has 0 bridgehead atoms. The summed E-state index contributed by atoms with van der Waals surface area (Å²) >= 11 is 0. The van der Waals surface area contributed by atoms with Crippen molar-refractivity contribution in [2.24, 2.45) is 11.1 Å². The summed E-state index contributed by atoms with van der Waals surface area (Å²) in [6, 6.07) is 9.22. The highest BCUT2D eigenvalue weighted by molar-refractivity contribution is 5.20. The summed E-state index contributed by atoms with van der Waals surface area (Å²) in [5, 5.41) is 0. The van der Waals surface area contributed by atoms with Gasteiger partial charge in [0.1, 0.15) is 0 Å². The molecule has 0 amide bonds. The van der Waals surface area contributed by atoms with E-state index < -0.39 is 18.1 Å². The van der Waals surface area contributed by atoms with E-state index >= 15 is 0 Å². The number of hydrogen-bond acceptors (Lipinski definition) is 2. The molecule has 0 aromatic heterocycles. The molecule has 0 aliphatic carbocycles. The van der Waals surface area contributed by atoms with Crippen molar-refractivity contribution in [3.8, 4) is 0 Å². The van der Waals surface area contributed by atoms with E-state index in [-0.39, 0.29) is 6.04 Å². The van der Waals surface area contributed by atoms with Crippen molar-refractivity contribution < 1.29 is 13.2 Å². The second-order valence-electron chi connectivity index (χ2n) is 6.20. The van der Waals surface area contributed by atoms with E-state index in [1.807, 2.05) is 51.1 Å². The molecule has 5 heteroatoms. The van der Waals surface area contributed by atoms with Crippen molar-refractivity contribution in [1.29, 1.82) is 0 Å². The number of nitrogens with two attached hydrogens (primary N) is 1. The lowest BCUT2D eigenvalue weighted by atomic mass is 9.80. The van der Waals surface area contributed by atoms with Gasteiger partial charge in [-0.1, -0.05) is 51.1 Å². The molecule has 0 saturated heterocycles. The molecule has 0 fully saturated rings. The van der Waals surface area contributed by atoms with Gasteiger partial charge in [0.15, 0.2) is 0 Å². The van der Waals surface area contributed by atoms with E-state index in [9.17, 15) is 13.2 Å². The molecule has 1 unspecified atom stereocenters. The molecule has 2 N–H and O–H groups in total. The molecule has 0 heterocycles. The van der Waals surface area contributed by atoms with Gasteiger partial charge in [0.25, 0.3) is 0 Å². The third kappa shape index (κ3) is 6.06. The zero-order valence-corrected chi connectivity index (χ0v) is 13.0. The predicted molar refractivity (Wildman–Crippen MR) is 79.9 cm³/mol. The standard InChI is InChI=1S/C16H25F3N2/c1-4-10-21(12-16(17,18)19)11-15(2,3)14(20)13-8-6-5-7-9-13/h5-9,14H,4,10-12,20H2,1-3H3. The third-order valence-electron chi connectivity index (χ3n) is 3.57. The van der Waals surface area contributed by atoms with Crippen LogP contribution < -0.4 is 5.73 Å². The summed E-state index contributed by atoms with van der Waals surface area (Å²) < 4.78 is 38.0. The van der Waals surface area contributed by atoms with Gasteiger partial charge in [-0.3, -0.25) is 4.90 Å². The van der Waals surface area contributed by atoms with Crippen molar-refractivity contribution in [2.75, 3.05) is 19.6 Å². The SMILES string of the molecule is CCCN(CC(F)(F)F)CC(C)(C)C(N)c1ccccc1. The van der Waals surface area contributed by atoms with Crippen LogP contribution in [0, 0.1) is 5.41 Å². The molecular formula is C16H25F3N2. The van der Waals surface area contributed by atoms with Crippen molar-refractivity contribution in [3.05, 3.63) is 35.9 Å². The van der Waals surface area contributed by atoms with Gasteiger partial charge in [0.2, 0.25) is 0 Å². The molecule has 1 aromatic carbocycles. The lowest BCUT2D eigenvalue weighted by molar-refractivity contribution is -0.149. The van der Waals surface area contributed by atoms with E-state index in [4.69, 9.17) is 5.73 Å². The average molecular weight is 302 g/mol. The van der Waals surface area contributed by atoms with Crippen LogP contribution in [0.3, 0.4) is 0 Å². The molecule has 0 radical (unpaired) electrons. The molecule has 21 heavy (non-hydrogen) atoms. The first-order valence-electron chi connectivity index (χ1n) is 7.25. The molecule has 120 valence electrons. The Bertz CT molecular complexity index is 415. The van der Waals surface area contributed by atoms with Crippen molar-refractivity contribution in [1.82, 2.24) is 4.90 Å². The normalized spacial score (nSPS) is 14.5. The number of halogens is 3. The van der Waals surface area contributed by atoms with E-state index in [1.165, 1.54) is 4.90 Å². The van der Waals surface area contributed by atoms with Crippen LogP contribution in [0.1, 0.15) is 38.8 Å². The van der Waals surface area contributed by atoms with Crippen LogP contribution in [0.4, 0.5) is 13.2 Å². The number of alkyl halides is 3. The highest BCUT2D eigenvalue weighted by Gasteiger charge is 2.35. The molecule has 0 saturated carbocycles. The zero-order valence-electron chi connectivity index (χ0n) is 13.0. The van der Waals surface area contributed by atoms with Crippen molar-refractivity contribution in [2.45, 2.75) is 39.4 Å². The minimum Gasteiger partial charge on any atom is -0.323 e. The fraction of sp³-hybridized carbons (Fsp3) is 0.625. The summed E-state index contributed by atoms with van der Waals surface area (Å²) in [6.07, 6.45) is -3.49. The zero-order chi connectivity index (χ0) is 16.1. The van der Waals surface area contributed by atoms with Gasteiger partial charge in [-0.15, -0.1) is 0 Å². The summed E-state index contributed by atoms with van der Waals surface area (Å²) in [6.45, 7) is 5.58. The molecule has 0 aliphatic heterocycles. The Morgan fingerprint density at radius 1 is 1.10 bits per heavy atom. The lowest BCUT2D eigenvalue weighted by Crippen LogP contribution is -2.44. The van der Waals surface area contributed by atoms with E-state index in [0.29, 0.717) is 19.5 Å². The molecule has 2 nitrogen and oxygen atoms in total. The Hall–Kier alpha value is -1.07. The maximum Gasteiger partial charge on any atom is 0.401 e. The maximum atomic E-state index is 12.7. The Balaban J connectivity index is 2.80. The van der Waals surface area contributed by atoms with E-state index in [2.05, 4.69) is 0 Å². The predicted octanol–water partition coefficient (Wildman–Crippen LogP) is 3.99. The third-order valence-corrected chi connectivity index (χ3v) is 3.57. The maximum absolute atomic E-state index is 12.7. The largest absolute Gasteiger partial charge is 0.401 e. The van der Waals surface area contributed by atoms with E-state index in [0.717, 1.165) is 5.56 Å². The topological polar surface area (TPSA) is 29.3 Å². The second kappa shape index (κ2) is 7.27. The minimum absolute atomic E-state index is 0.300.